The smallest absolute Gasteiger partial charge is 0.125 e. The van der Waals surface area contributed by atoms with E-state index < -0.39 is 0 Å². The molecule has 0 radical (unpaired) electrons. The van der Waals surface area contributed by atoms with E-state index in [4.69, 9.17) is 22.2 Å². The van der Waals surface area contributed by atoms with Crippen LogP contribution < -0.4 is 16.0 Å². The first-order chi connectivity index (χ1) is 8.72. The zero-order chi connectivity index (χ0) is 13.4. The summed E-state index contributed by atoms with van der Waals surface area (Å²) in [5.41, 5.74) is 3.94. The molecule has 3 N–H and O–H groups in total. The summed E-state index contributed by atoms with van der Waals surface area (Å²) in [4.78, 5) is 0. The Kier molecular flexibility index (Phi) is 7.09. The number of unbranched alkanes of at least 4 members (excludes halogenated alkanes) is 3. The molecular formula is C14H23ClN2O. The molecule has 1 rings (SSSR count). The topological polar surface area (TPSA) is 47.3 Å². The predicted octanol–water partition coefficient (Wildman–Crippen LogP) is 3.82. The van der Waals surface area contributed by atoms with E-state index in [1.54, 1.807) is 7.11 Å². The molecule has 1 aromatic rings. The summed E-state index contributed by atoms with van der Waals surface area (Å²) in [6, 6.07) is 5.79. The molecule has 4 heteroatoms. The van der Waals surface area contributed by atoms with Gasteiger partial charge in [0.05, 0.1) is 7.11 Å². The van der Waals surface area contributed by atoms with E-state index in [1.165, 1.54) is 19.3 Å². The second-order valence-electron chi connectivity index (χ2n) is 4.45. The van der Waals surface area contributed by atoms with Crippen LogP contribution in [0.4, 0.5) is 0 Å². The molecule has 0 aliphatic rings. The highest BCUT2D eigenvalue weighted by Crippen LogP contribution is 2.30. The second-order valence-corrected chi connectivity index (χ2v) is 4.89. The highest BCUT2D eigenvalue weighted by molar-refractivity contribution is 6.30. The number of hydrogen-bond acceptors (Lipinski definition) is 3. The molecule has 0 aliphatic carbocycles. The average Bonchev–Trinajstić information content (AvgIpc) is 2.39. The third-order valence-corrected chi connectivity index (χ3v) is 3.35. The normalized spacial score (nSPS) is 12.4. The van der Waals surface area contributed by atoms with E-state index in [0.717, 1.165) is 24.2 Å². The zero-order valence-electron chi connectivity index (χ0n) is 11.2. The molecule has 1 atom stereocenters. The van der Waals surface area contributed by atoms with Gasteiger partial charge in [0.2, 0.25) is 0 Å². The average molecular weight is 271 g/mol. The van der Waals surface area contributed by atoms with Gasteiger partial charge in [-0.15, -0.1) is 0 Å². The number of halogens is 1. The fourth-order valence-electron chi connectivity index (χ4n) is 2.08. The molecule has 0 heterocycles. The SMILES string of the molecule is CCCCCCC(NN)c1ccc(Cl)cc1OC. The summed E-state index contributed by atoms with van der Waals surface area (Å²) < 4.78 is 5.36. The molecule has 102 valence electrons. The molecule has 0 bridgehead atoms. The van der Waals surface area contributed by atoms with Gasteiger partial charge in [0.15, 0.2) is 0 Å². The van der Waals surface area contributed by atoms with Crippen LogP contribution in [0.5, 0.6) is 5.75 Å². The van der Waals surface area contributed by atoms with Gasteiger partial charge < -0.3 is 4.74 Å². The summed E-state index contributed by atoms with van der Waals surface area (Å²) >= 11 is 5.96. The van der Waals surface area contributed by atoms with Crippen LogP contribution >= 0.6 is 11.6 Å². The Morgan fingerprint density at radius 3 is 2.72 bits per heavy atom. The van der Waals surface area contributed by atoms with Crippen molar-refractivity contribution < 1.29 is 4.74 Å². The van der Waals surface area contributed by atoms with Crippen molar-refractivity contribution in [3.63, 3.8) is 0 Å². The quantitative estimate of drug-likeness (QED) is 0.429. The Morgan fingerprint density at radius 1 is 1.33 bits per heavy atom. The van der Waals surface area contributed by atoms with Crippen molar-refractivity contribution in [3.8, 4) is 5.75 Å². The first kappa shape index (κ1) is 15.3. The van der Waals surface area contributed by atoms with Gasteiger partial charge in [-0.1, -0.05) is 50.3 Å². The number of hydrogen-bond donors (Lipinski definition) is 2. The van der Waals surface area contributed by atoms with Crippen LogP contribution in [0.15, 0.2) is 18.2 Å². The van der Waals surface area contributed by atoms with Crippen LogP contribution in [0.3, 0.4) is 0 Å². The summed E-state index contributed by atoms with van der Waals surface area (Å²) in [7, 11) is 1.65. The fraction of sp³-hybridized carbons (Fsp3) is 0.571. The van der Waals surface area contributed by atoms with Crippen molar-refractivity contribution >= 4 is 11.6 Å². The van der Waals surface area contributed by atoms with E-state index in [2.05, 4.69) is 12.3 Å². The first-order valence-corrected chi connectivity index (χ1v) is 6.90. The summed E-state index contributed by atoms with van der Waals surface area (Å²) in [6.45, 7) is 2.21. The molecule has 18 heavy (non-hydrogen) atoms. The molecule has 1 unspecified atom stereocenters. The third-order valence-electron chi connectivity index (χ3n) is 3.12. The van der Waals surface area contributed by atoms with Crippen molar-refractivity contribution in [3.05, 3.63) is 28.8 Å². The van der Waals surface area contributed by atoms with Crippen molar-refractivity contribution in [2.75, 3.05) is 7.11 Å². The van der Waals surface area contributed by atoms with Crippen LogP contribution in [0.1, 0.15) is 50.6 Å². The number of nitrogens with two attached hydrogens (primary N) is 1. The van der Waals surface area contributed by atoms with Crippen molar-refractivity contribution in [1.29, 1.82) is 0 Å². The first-order valence-electron chi connectivity index (χ1n) is 6.52. The van der Waals surface area contributed by atoms with Gasteiger partial charge in [-0.2, -0.15) is 0 Å². The summed E-state index contributed by atoms with van der Waals surface area (Å²) in [5.74, 6) is 6.44. The highest BCUT2D eigenvalue weighted by atomic mass is 35.5. The van der Waals surface area contributed by atoms with Gasteiger partial charge in [-0.25, -0.2) is 0 Å². The van der Waals surface area contributed by atoms with Crippen LogP contribution in [0, 0.1) is 0 Å². The van der Waals surface area contributed by atoms with Gasteiger partial charge in [-0.3, -0.25) is 11.3 Å². The molecule has 0 fully saturated rings. The van der Waals surface area contributed by atoms with Crippen molar-refractivity contribution in [2.45, 2.75) is 45.1 Å². The van der Waals surface area contributed by atoms with Gasteiger partial charge in [0, 0.05) is 16.6 Å². The van der Waals surface area contributed by atoms with Gasteiger partial charge in [0.25, 0.3) is 0 Å². The summed E-state index contributed by atoms with van der Waals surface area (Å²) in [5, 5.41) is 0.678. The largest absolute Gasteiger partial charge is 0.496 e. The maximum atomic E-state index is 5.96. The van der Waals surface area contributed by atoms with Crippen LogP contribution in [0.25, 0.3) is 0 Å². The number of methoxy groups -OCH3 is 1. The minimum absolute atomic E-state index is 0.120. The van der Waals surface area contributed by atoms with Crippen LogP contribution in [-0.2, 0) is 0 Å². The van der Waals surface area contributed by atoms with Gasteiger partial charge in [0.1, 0.15) is 5.75 Å². The molecule has 0 aliphatic heterocycles. The molecule has 0 amide bonds. The molecule has 1 aromatic carbocycles. The molecule has 0 spiro atoms. The van der Waals surface area contributed by atoms with E-state index in [0.29, 0.717) is 5.02 Å². The van der Waals surface area contributed by atoms with Crippen LogP contribution in [0.2, 0.25) is 5.02 Å². The fourth-order valence-corrected chi connectivity index (χ4v) is 2.24. The van der Waals surface area contributed by atoms with E-state index in [9.17, 15) is 0 Å². The Bertz CT molecular complexity index is 358. The number of rotatable bonds is 8. The van der Waals surface area contributed by atoms with E-state index in [-0.39, 0.29) is 6.04 Å². The van der Waals surface area contributed by atoms with E-state index >= 15 is 0 Å². The lowest BCUT2D eigenvalue weighted by Crippen LogP contribution is -2.28. The molecule has 0 saturated carbocycles. The van der Waals surface area contributed by atoms with Gasteiger partial charge >= 0.3 is 0 Å². The molecule has 0 aromatic heterocycles. The predicted molar refractivity (Wildman–Crippen MR) is 76.8 cm³/mol. The lowest BCUT2D eigenvalue weighted by molar-refractivity contribution is 0.393. The number of ether oxygens (including phenoxy) is 1. The van der Waals surface area contributed by atoms with Gasteiger partial charge in [-0.05, 0) is 18.6 Å². The molecule has 0 saturated heterocycles. The Hall–Kier alpha value is -0.770. The van der Waals surface area contributed by atoms with Crippen molar-refractivity contribution in [1.82, 2.24) is 5.43 Å². The third kappa shape index (κ3) is 4.48. The number of benzene rings is 1. The lowest BCUT2D eigenvalue weighted by atomic mass is 9.99. The minimum atomic E-state index is 0.120. The van der Waals surface area contributed by atoms with E-state index in [1.807, 2.05) is 18.2 Å². The highest BCUT2D eigenvalue weighted by Gasteiger charge is 2.14. The standard InChI is InChI=1S/C14H23ClN2O/c1-3-4-5-6-7-13(17-16)12-9-8-11(15)10-14(12)18-2/h8-10,13,17H,3-7,16H2,1-2H3. The number of nitrogens with one attached hydrogen (secondary N) is 1. The lowest BCUT2D eigenvalue weighted by Gasteiger charge is -2.19. The summed E-state index contributed by atoms with van der Waals surface area (Å²) in [6.07, 6.45) is 5.92. The monoisotopic (exact) mass is 270 g/mol. The maximum Gasteiger partial charge on any atom is 0.125 e. The van der Waals surface area contributed by atoms with Crippen molar-refractivity contribution in [2.24, 2.45) is 5.84 Å². The van der Waals surface area contributed by atoms with Crippen LogP contribution in [-0.4, -0.2) is 7.11 Å². The maximum absolute atomic E-state index is 5.96. The molecular weight excluding hydrogens is 248 g/mol. The second kappa shape index (κ2) is 8.35. The zero-order valence-corrected chi connectivity index (χ0v) is 12.0. The Morgan fingerprint density at radius 2 is 2.11 bits per heavy atom. The Balaban J connectivity index is 2.69. The Labute approximate surface area is 115 Å². The molecule has 3 nitrogen and oxygen atoms in total. The minimum Gasteiger partial charge on any atom is -0.496 e. The number of hydrazine groups is 1.